The molecule has 114 valence electrons. The molecule has 0 unspecified atom stereocenters. The number of nitrogens with one attached hydrogen (secondary N) is 1. The van der Waals surface area contributed by atoms with Crippen LogP contribution in [0.25, 0.3) is 0 Å². The van der Waals surface area contributed by atoms with Crippen LogP contribution in [0.1, 0.15) is 22.8 Å². The van der Waals surface area contributed by atoms with E-state index in [4.69, 9.17) is 4.74 Å². The number of hydrogen-bond acceptors (Lipinski definition) is 4. The fourth-order valence-corrected chi connectivity index (χ4v) is 2.05. The lowest BCUT2D eigenvalue weighted by atomic mass is 10.1. The highest BCUT2D eigenvalue weighted by Crippen LogP contribution is 2.25. The Hall–Kier alpha value is -2.89. The minimum absolute atomic E-state index is 0.00809. The normalized spacial score (nSPS) is 10.1. The Morgan fingerprint density at radius 2 is 2.00 bits per heavy atom. The largest absolute Gasteiger partial charge is 0.492 e. The molecule has 2 aromatic carbocycles. The Morgan fingerprint density at radius 3 is 2.64 bits per heavy atom. The number of anilines is 1. The molecule has 0 aliphatic carbocycles. The number of nitrogens with zero attached hydrogens (tertiary/aromatic N) is 1. The lowest BCUT2D eigenvalue weighted by molar-refractivity contribution is -0.385. The van der Waals surface area contributed by atoms with Crippen molar-refractivity contribution in [2.75, 3.05) is 11.9 Å². The van der Waals surface area contributed by atoms with E-state index in [1.807, 2.05) is 13.0 Å². The quantitative estimate of drug-likeness (QED) is 0.676. The number of carbonyl (C=O) groups is 1. The second-order valence-electron chi connectivity index (χ2n) is 4.64. The van der Waals surface area contributed by atoms with Gasteiger partial charge in [-0.05, 0) is 38.1 Å². The summed E-state index contributed by atoms with van der Waals surface area (Å²) in [7, 11) is 0. The van der Waals surface area contributed by atoms with Crippen molar-refractivity contribution >= 4 is 17.3 Å². The maximum absolute atomic E-state index is 12.3. The average Bonchev–Trinajstić information content (AvgIpc) is 2.49. The molecule has 0 atom stereocenters. The number of nitro groups is 1. The first kappa shape index (κ1) is 15.5. The van der Waals surface area contributed by atoms with Crippen LogP contribution in [0.3, 0.4) is 0 Å². The summed E-state index contributed by atoms with van der Waals surface area (Å²) in [5.74, 6) is 0.238. The van der Waals surface area contributed by atoms with Gasteiger partial charge >= 0.3 is 0 Å². The van der Waals surface area contributed by atoms with Gasteiger partial charge in [0, 0.05) is 17.2 Å². The van der Waals surface area contributed by atoms with E-state index in [2.05, 4.69) is 5.32 Å². The zero-order valence-electron chi connectivity index (χ0n) is 12.3. The zero-order valence-corrected chi connectivity index (χ0v) is 12.3. The molecule has 0 spiro atoms. The molecule has 0 aliphatic heterocycles. The number of para-hydroxylation sites is 2. The first-order chi connectivity index (χ1) is 10.5. The molecule has 6 nitrogen and oxygen atoms in total. The second-order valence-corrected chi connectivity index (χ2v) is 4.64. The molecule has 2 rings (SSSR count). The van der Waals surface area contributed by atoms with Crippen molar-refractivity contribution in [1.82, 2.24) is 0 Å². The van der Waals surface area contributed by atoms with Crippen LogP contribution in [-0.4, -0.2) is 17.4 Å². The molecule has 0 aromatic heterocycles. The summed E-state index contributed by atoms with van der Waals surface area (Å²) in [4.78, 5) is 22.6. The van der Waals surface area contributed by atoms with Gasteiger partial charge in [-0.3, -0.25) is 14.9 Å². The number of carbonyl (C=O) groups excluding carboxylic acids is 1. The summed E-state index contributed by atoms with van der Waals surface area (Å²) in [6.07, 6.45) is 0. The maximum Gasteiger partial charge on any atom is 0.272 e. The molecular formula is C16H16N2O4. The highest BCUT2D eigenvalue weighted by Gasteiger charge is 2.15. The van der Waals surface area contributed by atoms with Gasteiger partial charge in [0.2, 0.25) is 0 Å². The molecule has 0 heterocycles. The summed E-state index contributed by atoms with van der Waals surface area (Å²) < 4.78 is 5.44. The van der Waals surface area contributed by atoms with E-state index in [1.54, 1.807) is 25.1 Å². The Kier molecular flexibility index (Phi) is 4.73. The van der Waals surface area contributed by atoms with Crippen LogP contribution in [0.2, 0.25) is 0 Å². The number of amides is 1. The summed E-state index contributed by atoms with van der Waals surface area (Å²) >= 11 is 0. The minimum Gasteiger partial charge on any atom is -0.492 e. The van der Waals surface area contributed by atoms with Crippen LogP contribution in [0.4, 0.5) is 11.4 Å². The van der Waals surface area contributed by atoms with Gasteiger partial charge < -0.3 is 10.1 Å². The van der Waals surface area contributed by atoms with E-state index in [1.165, 1.54) is 18.2 Å². The van der Waals surface area contributed by atoms with E-state index < -0.39 is 4.92 Å². The highest BCUT2D eigenvalue weighted by molar-refractivity contribution is 6.05. The van der Waals surface area contributed by atoms with Gasteiger partial charge in [0.05, 0.1) is 17.2 Å². The van der Waals surface area contributed by atoms with Crippen molar-refractivity contribution in [2.45, 2.75) is 13.8 Å². The Balaban J connectivity index is 2.23. The first-order valence-corrected chi connectivity index (χ1v) is 6.81. The molecule has 0 fully saturated rings. The molecule has 0 saturated carbocycles. The van der Waals surface area contributed by atoms with Crippen LogP contribution in [0.15, 0.2) is 42.5 Å². The molecular weight excluding hydrogens is 284 g/mol. The number of ether oxygens (including phenoxy) is 1. The van der Waals surface area contributed by atoms with Crippen molar-refractivity contribution in [1.29, 1.82) is 0 Å². The van der Waals surface area contributed by atoms with Crippen molar-refractivity contribution < 1.29 is 14.5 Å². The number of aryl methyl sites for hydroxylation is 1. The van der Waals surface area contributed by atoms with Gasteiger partial charge in [0.1, 0.15) is 5.75 Å². The standard InChI is InChI=1S/C16H16N2O4/c1-3-22-15-7-5-4-6-13(15)17-16(19)12-8-9-14(18(20)21)11(2)10-12/h4-10H,3H2,1-2H3,(H,17,19). The van der Waals surface area contributed by atoms with Crippen molar-refractivity contribution in [3.05, 3.63) is 63.7 Å². The van der Waals surface area contributed by atoms with Crippen LogP contribution in [0.5, 0.6) is 5.75 Å². The third kappa shape index (κ3) is 3.41. The Labute approximate surface area is 127 Å². The van der Waals surface area contributed by atoms with E-state index >= 15 is 0 Å². The SMILES string of the molecule is CCOc1ccccc1NC(=O)c1ccc([N+](=O)[O-])c(C)c1. The molecule has 0 radical (unpaired) electrons. The van der Waals surface area contributed by atoms with Crippen LogP contribution in [-0.2, 0) is 0 Å². The smallest absolute Gasteiger partial charge is 0.272 e. The summed E-state index contributed by atoms with van der Waals surface area (Å²) in [5.41, 5.74) is 1.35. The Bertz CT molecular complexity index is 713. The third-order valence-electron chi connectivity index (χ3n) is 3.09. The molecule has 0 aliphatic rings. The molecule has 1 N–H and O–H groups in total. The monoisotopic (exact) mass is 300 g/mol. The third-order valence-corrected chi connectivity index (χ3v) is 3.09. The summed E-state index contributed by atoms with van der Waals surface area (Å²) in [6.45, 7) is 3.95. The van der Waals surface area contributed by atoms with Gasteiger partial charge in [0.25, 0.3) is 11.6 Å². The number of benzene rings is 2. The second kappa shape index (κ2) is 6.71. The van der Waals surface area contributed by atoms with E-state index in [0.717, 1.165) is 0 Å². The lowest BCUT2D eigenvalue weighted by Gasteiger charge is -2.11. The van der Waals surface area contributed by atoms with E-state index in [-0.39, 0.29) is 11.6 Å². The summed E-state index contributed by atoms with van der Waals surface area (Å²) in [6, 6.07) is 11.4. The van der Waals surface area contributed by atoms with Gasteiger partial charge in [-0.15, -0.1) is 0 Å². The fraction of sp³-hybridized carbons (Fsp3) is 0.188. The van der Waals surface area contributed by atoms with Gasteiger partial charge in [-0.25, -0.2) is 0 Å². The van der Waals surface area contributed by atoms with E-state index in [0.29, 0.717) is 29.2 Å². The first-order valence-electron chi connectivity index (χ1n) is 6.81. The average molecular weight is 300 g/mol. The minimum atomic E-state index is -0.471. The Morgan fingerprint density at radius 1 is 1.27 bits per heavy atom. The van der Waals surface area contributed by atoms with Crippen LogP contribution in [0, 0.1) is 17.0 Å². The highest BCUT2D eigenvalue weighted by atomic mass is 16.6. The van der Waals surface area contributed by atoms with Crippen molar-refractivity contribution in [3.8, 4) is 5.75 Å². The zero-order chi connectivity index (χ0) is 16.1. The number of nitro benzene ring substituents is 1. The van der Waals surface area contributed by atoms with Crippen molar-refractivity contribution in [2.24, 2.45) is 0 Å². The predicted octanol–water partition coefficient (Wildman–Crippen LogP) is 3.55. The molecule has 6 heteroatoms. The lowest BCUT2D eigenvalue weighted by Crippen LogP contribution is -2.13. The van der Waals surface area contributed by atoms with Crippen LogP contribution >= 0.6 is 0 Å². The molecule has 0 saturated heterocycles. The molecule has 2 aromatic rings. The number of hydrogen-bond donors (Lipinski definition) is 1. The molecule has 1 amide bonds. The van der Waals surface area contributed by atoms with Crippen LogP contribution < -0.4 is 10.1 Å². The maximum atomic E-state index is 12.3. The molecule has 0 bridgehead atoms. The number of rotatable bonds is 5. The predicted molar refractivity (Wildman–Crippen MR) is 83.4 cm³/mol. The van der Waals surface area contributed by atoms with E-state index in [9.17, 15) is 14.9 Å². The van der Waals surface area contributed by atoms with Crippen molar-refractivity contribution in [3.63, 3.8) is 0 Å². The van der Waals surface area contributed by atoms with Gasteiger partial charge in [-0.1, -0.05) is 12.1 Å². The summed E-state index contributed by atoms with van der Waals surface area (Å²) in [5, 5.41) is 13.6. The van der Waals surface area contributed by atoms with Gasteiger partial charge in [-0.2, -0.15) is 0 Å². The topological polar surface area (TPSA) is 81.5 Å². The van der Waals surface area contributed by atoms with Gasteiger partial charge in [0.15, 0.2) is 0 Å². The fourth-order valence-electron chi connectivity index (χ4n) is 2.05. The molecule has 22 heavy (non-hydrogen) atoms.